The normalized spacial score (nSPS) is 8.70. The van der Waals surface area contributed by atoms with E-state index in [1.54, 1.807) is 6.07 Å². The van der Waals surface area contributed by atoms with Crippen molar-refractivity contribution in [3.63, 3.8) is 0 Å². The van der Waals surface area contributed by atoms with E-state index in [0.29, 0.717) is 0 Å². The van der Waals surface area contributed by atoms with Crippen molar-refractivity contribution in [1.82, 2.24) is 9.97 Å². The van der Waals surface area contributed by atoms with Crippen molar-refractivity contribution in [2.24, 2.45) is 0 Å². The number of aromatic nitrogens is 2. The van der Waals surface area contributed by atoms with Crippen molar-refractivity contribution in [2.75, 3.05) is 11.5 Å². The van der Waals surface area contributed by atoms with Crippen LogP contribution in [0.4, 0.5) is 11.6 Å². The molecule has 0 aliphatic carbocycles. The molecule has 0 fully saturated rings. The lowest BCUT2D eigenvalue weighted by Crippen LogP contribution is -2.01. The Balaban J connectivity index is 3.20. The summed E-state index contributed by atoms with van der Waals surface area (Å²) in [7, 11) is 0. The van der Waals surface area contributed by atoms with Gasteiger partial charge in [0.05, 0.1) is 6.20 Å². The van der Waals surface area contributed by atoms with Crippen LogP contribution < -0.4 is 11.5 Å². The average molecular weight is 135 g/mol. The van der Waals surface area contributed by atoms with Gasteiger partial charge in [0.2, 0.25) is 0 Å². The average Bonchev–Trinajstić information content (AvgIpc) is 1.95. The Bertz CT molecular complexity index is 287. The summed E-state index contributed by atoms with van der Waals surface area (Å²) in [6.45, 7) is 0. The van der Waals surface area contributed by atoms with Gasteiger partial charge in [-0.2, -0.15) is 5.26 Å². The van der Waals surface area contributed by atoms with Gasteiger partial charge in [-0.1, -0.05) is 0 Å². The topological polar surface area (TPSA) is 102 Å². The molecular formula is C5H5N5. The lowest BCUT2D eigenvalue weighted by molar-refractivity contribution is 1.18. The molecule has 4 N–H and O–H groups in total. The summed E-state index contributed by atoms with van der Waals surface area (Å²) < 4.78 is 0. The fourth-order valence-electron chi connectivity index (χ4n) is 0.467. The zero-order chi connectivity index (χ0) is 7.56. The minimum absolute atomic E-state index is 0.0963. The Labute approximate surface area is 57.3 Å². The highest BCUT2D eigenvalue weighted by molar-refractivity contribution is 5.52. The van der Waals surface area contributed by atoms with Crippen LogP contribution in [0.15, 0.2) is 6.20 Å². The van der Waals surface area contributed by atoms with Crippen molar-refractivity contribution in [1.29, 1.82) is 5.26 Å². The van der Waals surface area contributed by atoms with Gasteiger partial charge in [0.25, 0.3) is 0 Å². The molecule has 0 spiro atoms. The maximum atomic E-state index is 8.30. The molecule has 0 radical (unpaired) electrons. The van der Waals surface area contributed by atoms with E-state index in [4.69, 9.17) is 16.7 Å². The molecule has 1 heterocycles. The molecule has 0 amide bonds. The van der Waals surface area contributed by atoms with Gasteiger partial charge in [-0.05, 0) is 0 Å². The number of nitrogens with zero attached hydrogens (tertiary/aromatic N) is 3. The number of anilines is 2. The molecule has 1 aromatic heterocycles. The molecule has 0 aromatic carbocycles. The number of nitrogen functional groups attached to an aromatic ring is 2. The van der Waals surface area contributed by atoms with Gasteiger partial charge in [-0.15, -0.1) is 0 Å². The Hall–Kier alpha value is -1.83. The summed E-state index contributed by atoms with van der Waals surface area (Å²) in [5.74, 6) is 0.248. The molecule has 1 rings (SSSR count). The van der Waals surface area contributed by atoms with Gasteiger partial charge >= 0.3 is 0 Å². The SMILES string of the molecule is N#Cc1cnc(N)c(N)n1. The Morgan fingerprint density at radius 1 is 1.40 bits per heavy atom. The summed E-state index contributed by atoms with van der Waals surface area (Å²) >= 11 is 0. The molecule has 0 unspecified atom stereocenters. The molecule has 0 aliphatic heterocycles. The number of nitriles is 1. The third kappa shape index (κ3) is 0.951. The molecule has 1 aromatic rings. The fourth-order valence-corrected chi connectivity index (χ4v) is 0.467. The van der Waals surface area contributed by atoms with Crippen LogP contribution >= 0.6 is 0 Å². The van der Waals surface area contributed by atoms with Crippen molar-refractivity contribution in [3.05, 3.63) is 11.9 Å². The zero-order valence-corrected chi connectivity index (χ0v) is 5.07. The summed E-state index contributed by atoms with van der Waals surface area (Å²) in [5, 5.41) is 8.30. The van der Waals surface area contributed by atoms with E-state index in [0.717, 1.165) is 0 Å². The van der Waals surface area contributed by atoms with Gasteiger partial charge in [-0.3, -0.25) is 0 Å². The summed E-state index contributed by atoms with van der Waals surface area (Å²) in [4.78, 5) is 7.24. The zero-order valence-electron chi connectivity index (χ0n) is 5.07. The molecule has 0 aliphatic rings. The molecule has 0 saturated carbocycles. The van der Waals surface area contributed by atoms with E-state index >= 15 is 0 Å². The molecule has 5 nitrogen and oxygen atoms in total. The van der Waals surface area contributed by atoms with Gasteiger partial charge in [-0.25, -0.2) is 9.97 Å². The van der Waals surface area contributed by atoms with Crippen molar-refractivity contribution in [3.8, 4) is 6.07 Å². The molecule has 0 saturated heterocycles. The first kappa shape index (κ1) is 6.29. The van der Waals surface area contributed by atoms with E-state index < -0.39 is 0 Å². The third-order valence-corrected chi connectivity index (χ3v) is 0.944. The Morgan fingerprint density at radius 3 is 2.60 bits per heavy atom. The number of hydrogen-bond donors (Lipinski definition) is 2. The summed E-state index contributed by atoms with van der Waals surface area (Å²) in [6, 6.07) is 1.79. The van der Waals surface area contributed by atoms with E-state index in [1.807, 2.05) is 0 Å². The van der Waals surface area contributed by atoms with Crippen LogP contribution in [0.25, 0.3) is 0 Å². The highest BCUT2D eigenvalue weighted by Crippen LogP contribution is 2.05. The maximum Gasteiger partial charge on any atom is 0.167 e. The predicted octanol–water partition coefficient (Wildman–Crippen LogP) is -0.487. The predicted molar refractivity (Wildman–Crippen MR) is 35.6 cm³/mol. The van der Waals surface area contributed by atoms with E-state index in [1.165, 1.54) is 6.20 Å². The highest BCUT2D eigenvalue weighted by atomic mass is 15.0. The smallest absolute Gasteiger partial charge is 0.167 e. The van der Waals surface area contributed by atoms with Crippen LogP contribution in [0.1, 0.15) is 5.69 Å². The van der Waals surface area contributed by atoms with Gasteiger partial charge in [0.1, 0.15) is 6.07 Å². The second kappa shape index (κ2) is 2.19. The monoisotopic (exact) mass is 135 g/mol. The van der Waals surface area contributed by atoms with Crippen LogP contribution in [0.5, 0.6) is 0 Å². The minimum Gasteiger partial charge on any atom is -0.381 e. The molecule has 0 atom stereocenters. The maximum absolute atomic E-state index is 8.30. The highest BCUT2D eigenvalue weighted by Gasteiger charge is 1.97. The van der Waals surface area contributed by atoms with Crippen molar-refractivity contribution >= 4 is 11.6 Å². The van der Waals surface area contributed by atoms with Crippen molar-refractivity contribution < 1.29 is 0 Å². The molecular weight excluding hydrogens is 130 g/mol. The first-order valence-electron chi connectivity index (χ1n) is 2.52. The summed E-state index contributed by atoms with van der Waals surface area (Å²) in [5.41, 5.74) is 10.7. The fraction of sp³-hybridized carbons (Fsp3) is 0. The van der Waals surface area contributed by atoms with Crippen LogP contribution in [0.3, 0.4) is 0 Å². The van der Waals surface area contributed by atoms with Crippen LogP contribution in [-0.4, -0.2) is 9.97 Å². The molecule has 50 valence electrons. The largest absolute Gasteiger partial charge is 0.381 e. The minimum atomic E-state index is 0.0963. The molecule has 10 heavy (non-hydrogen) atoms. The van der Waals surface area contributed by atoms with Gasteiger partial charge in [0.15, 0.2) is 17.3 Å². The first-order valence-corrected chi connectivity index (χ1v) is 2.52. The standard InChI is InChI=1S/C5H5N5/c6-1-3-2-9-4(7)5(8)10-3/h2H,(H2,7,9)(H2,8,10). The van der Waals surface area contributed by atoms with E-state index in [2.05, 4.69) is 9.97 Å². The third-order valence-electron chi connectivity index (χ3n) is 0.944. The summed E-state index contributed by atoms with van der Waals surface area (Å²) in [6.07, 6.45) is 1.27. The molecule has 0 bridgehead atoms. The molecule has 5 heteroatoms. The second-order valence-electron chi connectivity index (χ2n) is 1.64. The second-order valence-corrected chi connectivity index (χ2v) is 1.64. The van der Waals surface area contributed by atoms with Gasteiger partial charge < -0.3 is 11.5 Å². The Morgan fingerprint density at radius 2 is 2.10 bits per heavy atom. The first-order chi connectivity index (χ1) is 4.74. The quantitative estimate of drug-likeness (QED) is 0.499. The van der Waals surface area contributed by atoms with Crippen LogP contribution in [0.2, 0.25) is 0 Å². The van der Waals surface area contributed by atoms with Crippen LogP contribution in [0, 0.1) is 11.3 Å². The Kier molecular flexibility index (Phi) is 1.38. The lowest BCUT2D eigenvalue weighted by atomic mass is 10.5. The van der Waals surface area contributed by atoms with Gasteiger partial charge in [0, 0.05) is 0 Å². The lowest BCUT2D eigenvalue weighted by Gasteiger charge is -1.94. The number of rotatable bonds is 0. The van der Waals surface area contributed by atoms with Crippen LogP contribution in [-0.2, 0) is 0 Å². The van der Waals surface area contributed by atoms with Crippen molar-refractivity contribution in [2.45, 2.75) is 0 Å². The van der Waals surface area contributed by atoms with E-state index in [9.17, 15) is 0 Å². The number of nitrogens with two attached hydrogens (primary N) is 2. The van der Waals surface area contributed by atoms with E-state index in [-0.39, 0.29) is 17.3 Å². The number of hydrogen-bond acceptors (Lipinski definition) is 5.